The zero-order chi connectivity index (χ0) is 21.6. The van der Waals surface area contributed by atoms with E-state index in [1.807, 2.05) is 21.1 Å². The first-order valence-electron chi connectivity index (χ1n) is 6.13. The van der Waals surface area contributed by atoms with Gasteiger partial charge in [-0.1, -0.05) is 6.58 Å². The number of sulfonamides is 2. The maximum Gasteiger partial charge on any atom is 0.480 e. The molecule has 0 aliphatic heterocycles. The van der Waals surface area contributed by atoms with Gasteiger partial charge in [-0.2, -0.15) is 26.3 Å². The van der Waals surface area contributed by atoms with Crippen LogP contribution < -0.4 is 0 Å². The van der Waals surface area contributed by atoms with Crippen molar-refractivity contribution in [1.82, 2.24) is 0 Å². The third-order valence-electron chi connectivity index (χ3n) is 1.95. The van der Waals surface area contributed by atoms with E-state index in [9.17, 15) is 48.0 Å². The van der Waals surface area contributed by atoms with Gasteiger partial charge in [0.1, 0.15) is 13.2 Å². The Morgan fingerprint density at radius 3 is 1.58 bits per heavy atom. The summed E-state index contributed by atoms with van der Waals surface area (Å²) < 4.78 is 115. The van der Waals surface area contributed by atoms with Crippen molar-refractivity contribution in [3.05, 3.63) is 16.8 Å². The number of hydrogen-bond donors (Lipinski definition) is 0. The average Bonchev–Trinajstić information content (AvgIpc) is 2.33. The second kappa shape index (κ2) is 9.01. The number of rotatable bonds is 6. The summed E-state index contributed by atoms with van der Waals surface area (Å²) in [6.07, 6.45) is 1.18. The molecule has 0 bridgehead atoms. The Morgan fingerprint density at radius 1 is 1.00 bits per heavy atom. The summed E-state index contributed by atoms with van der Waals surface area (Å²) in [7, 11) is -7.31. The number of carbonyl (C=O) groups is 1. The second-order valence-electron chi connectivity index (χ2n) is 5.30. The van der Waals surface area contributed by atoms with Gasteiger partial charge in [0.15, 0.2) is 20.0 Å². The third-order valence-corrected chi connectivity index (χ3v) is 4.69. The SMILES string of the molecule is C=CC(=O)OCC[N+](C)(C)C.O=S(=O)([N-]S(=O)(=O)C(F)(F)F)C(F)(F)F. The lowest BCUT2D eigenvalue weighted by atomic mass is 10.5. The first-order valence-corrected chi connectivity index (χ1v) is 9.01. The van der Waals surface area contributed by atoms with Crippen molar-refractivity contribution in [1.29, 1.82) is 0 Å². The fourth-order valence-electron chi connectivity index (χ4n) is 0.693. The van der Waals surface area contributed by atoms with E-state index in [1.165, 1.54) is 6.08 Å². The number of ether oxygens (including phenoxy) is 1. The Morgan fingerprint density at radius 2 is 1.35 bits per heavy atom. The van der Waals surface area contributed by atoms with E-state index in [-0.39, 0.29) is 5.97 Å². The molecule has 0 atom stereocenters. The quantitative estimate of drug-likeness (QED) is 0.269. The van der Waals surface area contributed by atoms with Crippen LogP contribution in [0.3, 0.4) is 0 Å². The number of esters is 1. The number of quaternary nitrogens is 1. The van der Waals surface area contributed by atoms with Gasteiger partial charge in [-0.05, 0) is 0 Å². The van der Waals surface area contributed by atoms with Crippen LogP contribution in [0.5, 0.6) is 0 Å². The van der Waals surface area contributed by atoms with Crippen molar-refractivity contribution in [2.24, 2.45) is 0 Å². The van der Waals surface area contributed by atoms with Gasteiger partial charge in [0, 0.05) is 6.08 Å². The number of likely N-dealkylation sites (N-methyl/N-ethyl adjacent to an activating group) is 1. The molecule has 0 rings (SSSR count). The highest BCUT2D eigenvalue weighted by atomic mass is 32.3. The van der Waals surface area contributed by atoms with Crippen LogP contribution in [-0.4, -0.2) is 72.6 Å². The fraction of sp³-hybridized carbons (Fsp3) is 0.700. The molecule has 0 heterocycles. The van der Waals surface area contributed by atoms with E-state index in [0.717, 1.165) is 15.2 Å². The lowest BCUT2D eigenvalue weighted by molar-refractivity contribution is -0.870. The Kier molecular flexibility index (Phi) is 9.29. The molecule has 0 unspecified atom stereocenters. The number of alkyl halides is 6. The number of carbonyl (C=O) groups excluding carboxylic acids is 1. The molecule has 0 radical (unpaired) electrons. The highest BCUT2D eigenvalue weighted by Gasteiger charge is 2.46. The van der Waals surface area contributed by atoms with Crippen LogP contribution in [0, 0.1) is 0 Å². The minimum atomic E-state index is -6.72. The molecular formula is C10H16F6N2O6S2. The van der Waals surface area contributed by atoms with E-state index in [2.05, 4.69) is 6.58 Å². The molecule has 0 spiro atoms. The molecule has 0 amide bonds. The van der Waals surface area contributed by atoms with Gasteiger partial charge in [0.25, 0.3) is 0 Å². The predicted molar refractivity (Wildman–Crippen MR) is 77.4 cm³/mol. The zero-order valence-corrected chi connectivity index (χ0v) is 15.3. The maximum atomic E-state index is 11.4. The summed E-state index contributed by atoms with van der Waals surface area (Å²) >= 11 is 0. The standard InChI is InChI=1S/C8H16NO2.C2F6NO4S2/c1-5-8(10)11-7-6-9(2,3)4;3-1(4,5)14(10,11)9-15(12,13)2(6,7)8/h5H,1,6-7H2,2-4H3;/q+1;-1. The van der Waals surface area contributed by atoms with Gasteiger partial charge in [-0.15, -0.1) is 0 Å². The van der Waals surface area contributed by atoms with Crippen molar-refractivity contribution >= 4 is 26.0 Å². The summed E-state index contributed by atoms with van der Waals surface area (Å²) in [5.41, 5.74) is -12.4. The van der Waals surface area contributed by atoms with E-state index < -0.39 is 31.1 Å². The largest absolute Gasteiger partial charge is 0.480 e. The molecule has 8 nitrogen and oxygen atoms in total. The predicted octanol–water partition coefficient (Wildman–Crippen LogP) is 1.48. The second-order valence-corrected chi connectivity index (χ2v) is 8.72. The molecule has 0 saturated carbocycles. The number of halogens is 6. The Bertz CT molecular complexity index is 649. The molecular weight excluding hydrogens is 422 g/mol. The normalized spacial score (nSPS) is 13.4. The Labute approximate surface area is 146 Å². The molecule has 0 aromatic rings. The highest BCUT2D eigenvalue weighted by Crippen LogP contribution is 2.36. The maximum absolute atomic E-state index is 11.4. The Hall–Kier alpha value is -1.39. The highest BCUT2D eigenvalue weighted by molar-refractivity contribution is 8.13. The Balaban J connectivity index is 0. The zero-order valence-electron chi connectivity index (χ0n) is 13.6. The third kappa shape index (κ3) is 10.6. The van der Waals surface area contributed by atoms with Crippen LogP contribution >= 0.6 is 0 Å². The monoisotopic (exact) mass is 438 g/mol. The van der Waals surface area contributed by atoms with Crippen LogP contribution in [-0.2, 0) is 29.6 Å². The molecule has 0 aromatic carbocycles. The molecule has 16 heteroatoms. The summed E-state index contributed by atoms with van der Waals surface area (Å²) in [4.78, 5) is 10.6. The van der Waals surface area contributed by atoms with Gasteiger partial charge < -0.3 is 13.3 Å². The molecule has 0 aliphatic carbocycles. The summed E-state index contributed by atoms with van der Waals surface area (Å²) in [6, 6.07) is 0. The lowest BCUT2D eigenvalue weighted by Crippen LogP contribution is -2.37. The van der Waals surface area contributed by atoms with Crippen LogP contribution in [0.15, 0.2) is 12.7 Å². The lowest BCUT2D eigenvalue weighted by Gasteiger charge is -2.23. The van der Waals surface area contributed by atoms with Crippen LogP contribution in [0.2, 0.25) is 0 Å². The first kappa shape index (κ1) is 26.8. The van der Waals surface area contributed by atoms with Crippen molar-refractivity contribution in [2.75, 3.05) is 34.3 Å². The average molecular weight is 438 g/mol. The van der Waals surface area contributed by atoms with E-state index in [0.29, 0.717) is 6.61 Å². The molecule has 0 fully saturated rings. The van der Waals surface area contributed by atoms with Gasteiger partial charge in [-0.25, -0.2) is 21.6 Å². The van der Waals surface area contributed by atoms with Gasteiger partial charge in [0.2, 0.25) is 0 Å². The molecule has 0 N–H and O–H groups in total. The summed E-state index contributed by atoms with van der Waals surface area (Å²) in [6.45, 7) is 4.57. The molecule has 26 heavy (non-hydrogen) atoms. The minimum Gasteiger partial charge on any atom is -0.457 e. The topological polar surface area (TPSA) is 109 Å². The van der Waals surface area contributed by atoms with Crippen LogP contribution in [0.1, 0.15) is 0 Å². The smallest absolute Gasteiger partial charge is 0.457 e. The van der Waals surface area contributed by atoms with Gasteiger partial charge in [-0.3, -0.25) is 0 Å². The molecule has 156 valence electrons. The van der Waals surface area contributed by atoms with Gasteiger partial charge in [0.05, 0.1) is 21.1 Å². The number of nitrogens with zero attached hydrogens (tertiary/aromatic N) is 2. The fourth-order valence-corrected chi connectivity index (χ4v) is 2.40. The van der Waals surface area contributed by atoms with Crippen molar-refractivity contribution < 1.29 is 57.2 Å². The van der Waals surface area contributed by atoms with E-state index >= 15 is 0 Å². The summed E-state index contributed by atoms with van der Waals surface area (Å²) in [5.74, 6) is -0.349. The molecule has 0 saturated heterocycles. The number of hydrogen-bond acceptors (Lipinski definition) is 6. The van der Waals surface area contributed by atoms with Crippen LogP contribution in [0.4, 0.5) is 26.3 Å². The van der Waals surface area contributed by atoms with E-state index in [4.69, 9.17) is 4.74 Å². The molecule has 0 aliphatic rings. The first-order chi connectivity index (χ1) is 11.2. The van der Waals surface area contributed by atoms with Crippen molar-refractivity contribution in [2.45, 2.75) is 11.0 Å². The summed E-state index contributed by atoms with van der Waals surface area (Å²) in [5, 5.41) is 0. The van der Waals surface area contributed by atoms with E-state index in [1.54, 1.807) is 0 Å². The van der Waals surface area contributed by atoms with Crippen LogP contribution in [0.25, 0.3) is 4.13 Å². The molecule has 0 aromatic heterocycles. The van der Waals surface area contributed by atoms with Crippen molar-refractivity contribution in [3.63, 3.8) is 0 Å². The minimum absolute atomic E-state index is 0.349. The van der Waals surface area contributed by atoms with Crippen molar-refractivity contribution in [3.8, 4) is 0 Å². The van der Waals surface area contributed by atoms with Gasteiger partial charge >= 0.3 is 17.0 Å².